The molecular formula is C22H37NO5SSi. The highest BCUT2D eigenvalue weighted by molar-refractivity contribution is 7.99. The highest BCUT2D eigenvalue weighted by atomic mass is 32.2. The van der Waals surface area contributed by atoms with Gasteiger partial charge in [-0.1, -0.05) is 51.1 Å². The molecule has 0 aliphatic heterocycles. The Morgan fingerprint density at radius 1 is 1.10 bits per heavy atom. The lowest BCUT2D eigenvalue weighted by Gasteiger charge is -2.37. The van der Waals surface area contributed by atoms with Crippen LogP contribution in [0.1, 0.15) is 52.4 Å². The molecule has 0 bridgehead atoms. The van der Waals surface area contributed by atoms with E-state index in [1.165, 1.54) is 11.8 Å². The maximum atomic E-state index is 12.0. The molecule has 1 aromatic carbocycles. The van der Waals surface area contributed by atoms with E-state index in [0.717, 1.165) is 5.56 Å². The van der Waals surface area contributed by atoms with Crippen LogP contribution in [0, 0.1) is 0 Å². The third-order valence-electron chi connectivity index (χ3n) is 5.03. The lowest BCUT2D eigenvalue weighted by atomic mass is 10.2. The second-order valence-electron chi connectivity index (χ2n) is 9.84. The fourth-order valence-corrected chi connectivity index (χ4v) is 4.55. The molecule has 30 heavy (non-hydrogen) atoms. The van der Waals surface area contributed by atoms with Crippen molar-refractivity contribution in [1.82, 2.24) is 5.32 Å². The van der Waals surface area contributed by atoms with Crippen molar-refractivity contribution in [2.45, 2.75) is 76.6 Å². The van der Waals surface area contributed by atoms with Gasteiger partial charge in [0.25, 0.3) is 0 Å². The Labute approximate surface area is 186 Å². The van der Waals surface area contributed by atoms with E-state index in [1.54, 1.807) is 20.8 Å². The third-order valence-corrected chi connectivity index (χ3v) is 10.9. The van der Waals surface area contributed by atoms with E-state index in [4.69, 9.17) is 9.16 Å². The van der Waals surface area contributed by atoms with Crippen molar-refractivity contribution in [1.29, 1.82) is 0 Å². The first-order chi connectivity index (χ1) is 13.6. The van der Waals surface area contributed by atoms with E-state index in [0.29, 0.717) is 6.61 Å². The minimum atomic E-state index is -1.95. The Hall–Kier alpha value is -1.51. The van der Waals surface area contributed by atoms with Gasteiger partial charge in [0, 0.05) is 12.4 Å². The van der Waals surface area contributed by atoms with Crippen molar-refractivity contribution in [3.8, 4) is 0 Å². The monoisotopic (exact) mass is 455 g/mol. The summed E-state index contributed by atoms with van der Waals surface area (Å²) in [6, 6.07) is 8.85. The number of amides is 1. The SMILES string of the molecule is CC(C)(C)OC(=O)N[C@@H](CSC(CO[Si](C)(C)C(C)(C)C)c1ccccc1)C(=O)O. The summed E-state index contributed by atoms with van der Waals surface area (Å²) in [7, 11) is -1.95. The molecule has 1 unspecified atom stereocenters. The van der Waals surface area contributed by atoms with Crippen LogP contribution in [-0.4, -0.2) is 49.5 Å². The van der Waals surface area contributed by atoms with Gasteiger partial charge in [-0.15, -0.1) is 11.8 Å². The van der Waals surface area contributed by atoms with Crippen LogP contribution in [0.3, 0.4) is 0 Å². The van der Waals surface area contributed by atoms with Gasteiger partial charge in [0.1, 0.15) is 11.6 Å². The molecule has 0 saturated heterocycles. The average molecular weight is 456 g/mol. The molecule has 0 radical (unpaired) electrons. The number of ether oxygens (including phenoxy) is 1. The van der Waals surface area contributed by atoms with E-state index in [9.17, 15) is 14.7 Å². The number of hydrogen-bond acceptors (Lipinski definition) is 5. The van der Waals surface area contributed by atoms with Gasteiger partial charge >= 0.3 is 12.1 Å². The van der Waals surface area contributed by atoms with Crippen LogP contribution >= 0.6 is 11.8 Å². The van der Waals surface area contributed by atoms with Gasteiger partial charge in [-0.2, -0.15) is 0 Å². The highest BCUT2D eigenvalue weighted by Gasteiger charge is 2.38. The van der Waals surface area contributed by atoms with Crippen molar-refractivity contribution < 1.29 is 23.9 Å². The Kier molecular flexibility index (Phi) is 9.44. The Bertz CT molecular complexity index is 698. The molecule has 1 aromatic rings. The van der Waals surface area contributed by atoms with E-state index in [-0.39, 0.29) is 16.0 Å². The molecule has 8 heteroatoms. The molecule has 0 fully saturated rings. The predicted molar refractivity (Wildman–Crippen MR) is 126 cm³/mol. The number of hydrogen-bond donors (Lipinski definition) is 2. The number of carbonyl (C=O) groups is 2. The molecule has 0 saturated carbocycles. The molecule has 1 amide bonds. The summed E-state index contributed by atoms with van der Waals surface area (Å²) in [5.74, 6) is -0.889. The van der Waals surface area contributed by atoms with Crippen LogP contribution in [0.15, 0.2) is 30.3 Å². The van der Waals surface area contributed by atoms with Gasteiger partial charge < -0.3 is 19.6 Å². The van der Waals surface area contributed by atoms with Gasteiger partial charge in [0.2, 0.25) is 0 Å². The van der Waals surface area contributed by atoms with Gasteiger partial charge in [0.15, 0.2) is 8.32 Å². The maximum Gasteiger partial charge on any atom is 0.408 e. The van der Waals surface area contributed by atoms with Crippen LogP contribution in [0.4, 0.5) is 4.79 Å². The van der Waals surface area contributed by atoms with E-state index >= 15 is 0 Å². The predicted octanol–water partition coefficient (Wildman–Crippen LogP) is 5.46. The van der Waals surface area contributed by atoms with E-state index in [2.05, 4.69) is 39.2 Å². The molecule has 170 valence electrons. The van der Waals surface area contributed by atoms with Gasteiger partial charge in [-0.05, 0) is 44.5 Å². The van der Waals surface area contributed by atoms with Crippen molar-refractivity contribution >= 4 is 32.1 Å². The van der Waals surface area contributed by atoms with Crippen LogP contribution in [0.25, 0.3) is 0 Å². The molecule has 0 spiro atoms. The van der Waals surface area contributed by atoms with Crippen molar-refractivity contribution in [3.05, 3.63) is 35.9 Å². The molecule has 0 aromatic heterocycles. The van der Waals surface area contributed by atoms with Crippen LogP contribution < -0.4 is 5.32 Å². The quantitative estimate of drug-likeness (QED) is 0.481. The summed E-state index contributed by atoms with van der Waals surface area (Å²) in [6.07, 6.45) is -0.732. The summed E-state index contributed by atoms with van der Waals surface area (Å²) in [6.45, 7) is 16.7. The first-order valence-corrected chi connectivity index (χ1v) is 14.1. The molecule has 1 rings (SSSR count). The number of nitrogens with one attached hydrogen (secondary N) is 1. The molecule has 0 heterocycles. The second-order valence-corrected chi connectivity index (χ2v) is 15.9. The van der Waals surface area contributed by atoms with Gasteiger partial charge in [-0.25, -0.2) is 9.59 Å². The number of benzene rings is 1. The highest BCUT2D eigenvalue weighted by Crippen LogP contribution is 2.39. The van der Waals surface area contributed by atoms with Crippen LogP contribution in [0.5, 0.6) is 0 Å². The van der Waals surface area contributed by atoms with Crippen molar-refractivity contribution in [3.63, 3.8) is 0 Å². The standard InChI is InChI=1S/C22H37NO5SSi/c1-21(2,3)28-20(26)23-17(19(24)25)15-29-18(16-12-10-9-11-13-16)14-27-30(7,8)22(4,5)6/h9-13,17-18H,14-15H2,1-8H3,(H,23,26)(H,24,25)/t17-,18?/m0/s1. The minimum Gasteiger partial charge on any atom is -0.480 e. The average Bonchev–Trinajstić information content (AvgIpc) is 2.58. The Balaban J connectivity index is 2.87. The van der Waals surface area contributed by atoms with E-state index in [1.807, 2.05) is 30.3 Å². The summed E-state index contributed by atoms with van der Waals surface area (Å²) in [5.41, 5.74) is 0.381. The Morgan fingerprint density at radius 2 is 1.67 bits per heavy atom. The molecular weight excluding hydrogens is 418 g/mol. The number of aliphatic carboxylic acids is 1. The smallest absolute Gasteiger partial charge is 0.408 e. The minimum absolute atomic E-state index is 0.0392. The first kappa shape index (κ1) is 26.5. The number of rotatable bonds is 9. The number of carboxylic acids is 1. The number of thioether (sulfide) groups is 1. The second kappa shape index (κ2) is 10.7. The normalized spacial score (nSPS) is 14.7. The fraction of sp³-hybridized carbons (Fsp3) is 0.636. The number of alkyl carbamates (subject to hydrolysis) is 1. The lowest BCUT2D eigenvalue weighted by Crippen LogP contribution is -2.45. The number of carboxylic acid groups (broad SMARTS) is 1. The summed E-state index contributed by atoms with van der Waals surface area (Å²) < 4.78 is 11.6. The van der Waals surface area contributed by atoms with Crippen molar-refractivity contribution in [2.75, 3.05) is 12.4 Å². The van der Waals surface area contributed by atoms with Crippen molar-refractivity contribution in [2.24, 2.45) is 0 Å². The molecule has 2 atom stereocenters. The molecule has 2 N–H and O–H groups in total. The summed E-state index contributed by atoms with van der Waals surface area (Å²) in [5, 5.41) is 12.1. The lowest BCUT2D eigenvalue weighted by molar-refractivity contribution is -0.138. The third kappa shape index (κ3) is 9.10. The van der Waals surface area contributed by atoms with Crippen LogP contribution in [0.2, 0.25) is 18.1 Å². The maximum absolute atomic E-state index is 12.0. The van der Waals surface area contributed by atoms with Crippen LogP contribution in [-0.2, 0) is 14.0 Å². The molecule has 0 aliphatic carbocycles. The summed E-state index contributed by atoms with van der Waals surface area (Å²) in [4.78, 5) is 23.7. The summed E-state index contributed by atoms with van der Waals surface area (Å²) >= 11 is 1.47. The zero-order chi connectivity index (χ0) is 23.2. The fourth-order valence-electron chi connectivity index (χ4n) is 2.25. The first-order valence-electron chi connectivity index (χ1n) is 10.2. The zero-order valence-electron chi connectivity index (χ0n) is 19.4. The largest absolute Gasteiger partial charge is 0.480 e. The zero-order valence-corrected chi connectivity index (χ0v) is 21.3. The molecule has 0 aliphatic rings. The Morgan fingerprint density at radius 3 is 2.13 bits per heavy atom. The topological polar surface area (TPSA) is 84.9 Å². The molecule has 6 nitrogen and oxygen atoms in total. The van der Waals surface area contributed by atoms with E-state index < -0.39 is 32.0 Å². The van der Waals surface area contributed by atoms with Gasteiger partial charge in [0.05, 0.1) is 5.25 Å². The van der Waals surface area contributed by atoms with Gasteiger partial charge in [-0.3, -0.25) is 0 Å². The number of carbonyl (C=O) groups excluding carboxylic acids is 1.